The van der Waals surface area contributed by atoms with E-state index in [9.17, 15) is 4.79 Å². The molecule has 1 saturated carbocycles. The van der Waals surface area contributed by atoms with Gasteiger partial charge >= 0.3 is 0 Å². The summed E-state index contributed by atoms with van der Waals surface area (Å²) < 4.78 is 0. The van der Waals surface area contributed by atoms with Gasteiger partial charge in [-0.2, -0.15) is 0 Å². The van der Waals surface area contributed by atoms with Crippen molar-refractivity contribution in [3.8, 4) is 0 Å². The maximum absolute atomic E-state index is 12.3. The number of hydrogen-bond donors (Lipinski definition) is 1. The number of allylic oxidation sites excluding steroid dienone is 1. The molecular weight excluding hydrogens is 272 g/mol. The van der Waals surface area contributed by atoms with Crippen LogP contribution in [0.3, 0.4) is 0 Å². The van der Waals surface area contributed by atoms with Gasteiger partial charge in [0.15, 0.2) is 0 Å². The SMILES string of the molecule is CC1CC=C2CC(NC(=O)c3ccncc3)CCC2(C)C1C. The number of nitrogens with zero attached hydrogens (tertiary/aromatic N) is 1. The lowest BCUT2D eigenvalue weighted by atomic mass is 9.57. The quantitative estimate of drug-likeness (QED) is 0.839. The monoisotopic (exact) mass is 298 g/mol. The van der Waals surface area contributed by atoms with Crippen LogP contribution in [0.1, 0.15) is 56.8 Å². The van der Waals surface area contributed by atoms with Gasteiger partial charge in [-0.15, -0.1) is 0 Å². The fourth-order valence-electron chi connectivity index (χ4n) is 4.13. The normalized spacial score (nSPS) is 34.5. The molecule has 4 atom stereocenters. The molecule has 0 radical (unpaired) electrons. The number of amides is 1. The summed E-state index contributed by atoms with van der Waals surface area (Å²) in [4.78, 5) is 16.3. The Balaban J connectivity index is 1.69. The third-order valence-corrected chi connectivity index (χ3v) is 6.08. The third-order valence-electron chi connectivity index (χ3n) is 6.08. The Labute approximate surface area is 133 Å². The molecule has 118 valence electrons. The minimum atomic E-state index is 0.0221. The summed E-state index contributed by atoms with van der Waals surface area (Å²) >= 11 is 0. The summed E-state index contributed by atoms with van der Waals surface area (Å²) in [7, 11) is 0. The van der Waals surface area contributed by atoms with Crippen LogP contribution < -0.4 is 5.32 Å². The van der Waals surface area contributed by atoms with Crippen molar-refractivity contribution in [2.45, 2.75) is 52.5 Å². The molecule has 3 nitrogen and oxygen atoms in total. The molecule has 4 unspecified atom stereocenters. The van der Waals surface area contributed by atoms with Crippen molar-refractivity contribution in [3.63, 3.8) is 0 Å². The van der Waals surface area contributed by atoms with E-state index in [-0.39, 0.29) is 11.9 Å². The Morgan fingerprint density at radius 3 is 2.77 bits per heavy atom. The van der Waals surface area contributed by atoms with Crippen LogP contribution in [0.25, 0.3) is 0 Å². The van der Waals surface area contributed by atoms with Gasteiger partial charge in [-0.25, -0.2) is 0 Å². The molecule has 1 aromatic heterocycles. The predicted molar refractivity (Wildman–Crippen MR) is 88.5 cm³/mol. The maximum Gasteiger partial charge on any atom is 0.251 e. The molecule has 0 aromatic carbocycles. The maximum atomic E-state index is 12.3. The van der Waals surface area contributed by atoms with Crippen LogP contribution in [0, 0.1) is 17.3 Å². The van der Waals surface area contributed by atoms with Crippen molar-refractivity contribution < 1.29 is 4.79 Å². The summed E-state index contributed by atoms with van der Waals surface area (Å²) in [6, 6.07) is 3.80. The second-order valence-corrected chi connectivity index (χ2v) is 7.30. The molecule has 1 N–H and O–H groups in total. The topological polar surface area (TPSA) is 42.0 Å². The Morgan fingerprint density at radius 1 is 1.32 bits per heavy atom. The highest BCUT2D eigenvalue weighted by molar-refractivity contribution is 5.94. The molecule has 3 rings (SSSR count). The van der Waals surface area contributed by atoms with E-state index in [1.165, 1.54) is 12.8 Å². The highest BCUT2D eigenvalue weighted by atomic mass is 16.1. The summed E-state index contributed by atoms with van der Waals surface area (Å²) in [5.41, 5.74) is 2.59. The molecule has 1 fully saturated rings. The second-order valence-electron chi connectivity index (χ2n) is 7.30. The largest absolute Gasteiger partial charge is 0.349 e. The van der Waals surface area contributed by atoms with Crippen LogP contribution in [-0.2, 0) is 0 Å². The van der Waals surface area contributed by atoms with Crippen LogP contribution in [0.5, 0.6) is 0 Å². The Kier molecular flexibility index (Phi) is 4.07. The number of carbonyl (C=O) groups is 1. The Bertz CT molecular complexity index is 580. The molecule has 0 spiro atoms. The minimum Gasteiger partial charge on any atom is -0.349 e. The first-order valence-electron chi connectivity index (χ1n) is 8.41. The molecular formula is C19H26N2O. The van der Waals surface area contributed by atoms with Crippen molar-refractivity contribution in [1.82, 2.24) is 10.3 Å². The van der Waals surface area contributed by atoms with E-state index in [4.69, 9.17) is 0 Å². The number of hydrogen-bond acceptors (Lipinski definition) is 2. The van der Waals surface area contributed by atoms with Crippen molar-refractivity contribution in [3.05, 3.63) is 41.7 Å². The van der Waals surface area contributed by atoms with Gasteiger partial charge in [0.05, 0.1) is 0 Å². The molecule has 22 heavy (non-hydrogen) atoms. The van der Waals surface area contributed by atoms with E-state index in [1.807, 2.05) is 0 Å². The zero-order valence-corrected chi connectivity index (χ0v) is 13.8. The molecule has 0 saturated heterocycles. The van der Waals surface area contributed by atoms with Gasteiger partial charge in [0, 0.05) is 24.0 Å². The van der Waals surface area contributed by atoms with Crippen molar-refractivity contribution in [2.24, 2.45) is 17.3 Å². The summed E-state index contributed by atoms with van der Waals surface area (Å²) in [5.74, 6) is 1.51. The fraction of sp³-hybridized carbons (Fsp3) is 0.579. The zero-order valence-electron chi connectivity index (χ0n) is 13.8. The molecule has 1 aromatic rings. The van der Waals surface area contributed by atoms with Gasteiger partial charge in [-0.05, 0) is 55.1 Å². The first kappa shape index (κ1) is 15.3. The van der Waals surface area contributed by atoms with Crippen LogP contribution in [0.4, 0.5) is 0 Å². The van der Waals surface area contributed by atoms with E-state index in [0.717, 1.165) is 24.7 Å². The van der Waals surface area contributed by atoms with Crippen molar-refractivity contribution >= 4 is 5.91 Å². The standard InChI is InChI=1S/C19H26N2O/c1-13-4-5-16-12-17(6-9-19(16,3)14(13)2)21-18(22)15-7-10-20-11-8-15/h5,7-8,10-11,13-14,17H,4,6,9,12H2,1-3H3,(H,21,22). The molecule has 1 heterocycles. The lowest BCUT2D eigenvalue weighted by Crippen LogP contribution is -2.45. The van der Waals surface area contributed by atoms with Crippen LogP contribution in [0.2, 0.25) is 0 Å². The summed E-state index contributed by atoms with van der Waals surface area (Å²) in [6.07, 6.45) is 10.2. The molecule has 0 bridgehead atoms. The van der Waals surface area contributed by atoms with Crippen molar-refractivity contribution in [2.75, 3.05) is 0 Å². The highest BCUT2D eigenvalue weighted by Crippen LogP contribution is 2.52. The average Bonchev–Trinajstić information content (AvgIpc) is 2.54. The number of pyridine rings is 1. The fourth-order valence-corrected chi connectivity index (χ4v) is 4.13. The first-order valence-corrected chi connectivity index (χ1v) is 8.41. The predicted octanol–water partition coefficient (Wildman–Crippen LogP) is 3.97. The molecule has 2 aliphatic rings. The van der Waals surface area contributed by atoms with E-state index in [0.29, 0.717) is 11.0 Å². The number of nitrogens with one attached hydrogen (secondary N) is 1. The summed E-state index contributed by atoms with van der Waals surface area (Å²) in [5, 5.41) is 3.20. The van der Waals surface area contributed by atoms with Crippen LogP contribution in [0.15, 0.2) is 36.2 Å². The van der Waals surface area contributed by atoms with Gasteiger partial charge in [0.2, 0.25) is 0 Å². The lowest BCUT2D eigenvalue weighted by Gasteiger charge is -2.49. The minimum absolute atomic E-state index is 0.0221. The zero-order chi connectivity index (χ0) is 15.7. The molecule has 2 aliphatic carbocycles. The van der Waals surface area contributed by atoms with Gasteiger partial charge < -0.3 is 5.32 Å². The third kappa shape index (κ3) is 2.69. The van der Waals surface area contributed by atoms with E-state index in [2.05, 4.69) is 37.1 Å². The number of aromatic nitrogens is 1. The van der Waals surface area contributed by atoms with Crippen LogP contribution >= 0.6 is 0 Å². The molecule has 0 aliphatic heterocycles. The first-order chi connectivity index (χ1) is 10.5. The van der Waals surface area contributed by atoms with Crippen LogP contribution in [-0.4, -0.2) is 16.9 Å². The van der Waals surface area contributed by atoms with E-state index in [1.54, 1.807) is 30.1 Å². The smallest absolute Gasteiger partial charge is 0.251 e. The number of carbonyl (C=O) groups excluding carboxylic acids is 1. The van der Waals surface area contributed by atoms with E-state index < -0.39 is 0 Å². The average molecular weight is 298 g/mol. The van der Waals surface area contributed by atoms with Gasteiger partial charge in [-0.1, -0.05) is 32.4 Å². The van der Waals surface area contributed by atoms with Crippen molar-refractivity contribution in [1.29, 1.82) is 0 Å². The molecule has 3 heteroatoms. The van der Waals surface area contributed by atoms with E-state index >= 15 is 0 Å². The number of fused-ring (bicyclic) bond motifs is 1. The summed E-state index contributed by atoms with van der Waals surface area (Å²) in [6.45, 7) is 7.17. The second kappa shape index (κ2) is 5.86. The van der Waals surface area contributed by atoms with Gasteiger partial charge in [-0.3, -0.25) is 9.78 Å². The Hall–Kier alpha value is -1.64. The lowest BCUT2D eigenvalue weighted by molar-refractivity contribution is 0.0884. The Morgan fingerprint density at radius 2 is 2.05 bits per heavy atom. The number of rotatable bonds is 2. The highest BCUT2D eigenvalue weighted by Gasteiger charge is 2.43. The molecule has 1 amide bonds. The van der Waals surface area contributed by atoms with Gasteiger partial charge in [0.1, 0.15) is 0 Å². The van der Waals surface area contributed by atoms with Gasteiger partial charge in [0.25, 0.3) is 5.91 Å².